The molecule has 1 aromatic rings. The van der Waals surface area contributed by atoms with Crippen LogP contribution < -0.4 is 0 Å². The molecule has 1 heterocycles. The standard InChI is InChI=1S/C12H16N2S/c1-14(9-11-5-3-7-15-11)12-6-2-4-10(12)8-13/h3,5,7,10,12H,2,4,6,9H2,1H3. The van der Waals surface area contributed by atoms with E-state index in [2.05, 4.69) is 35.5 Å². The van der Waals surface area contributed by atoms with Crippen LogP contribution in [0.1, 0.15) is 24.1 Å². The first kappa shape index (κ1) is 10.7. The molecule has 1 aliphatic rings. The summed E-state index contributed by atoms with van der Waals surface area (Å²) in [6.45, 7) is 0.987. The highest BCUT2D eigenvalue weighted by molar-refractivity contribution is 7.09. The van der Waals surface area contributed by atoms with Crippen LogP contribution in [0.3, 0.4) is 0 Å². The summed E-state index contributed by atoms with van der Waals surface area (Å²) in [4.78, 5) is 3.73. The summed E-state index contributed by atoms with van der Waals surface area (Å²) in [5.41, 5.74) is 0. The minimum Gasteiger partial charge on any atom is -0.297 e. The molecule has 80 valence electrons. The fraction of sp³-hybridized carbons (Fsp3) is 0.583. The Hall–Kier alpha value is -0.850. The Morgan fingerprint density at radius 1 is 1.60 bits per heavy atom. The van der Waals surface area contributed by atoms with Crippen molar-refractivity contribution in [3.05, 3.63) is 22.4 Å². The number of thiophene rings is 1. The van der Waals surface area contributed by atoms with Gasteiger partial charge in [-0.3, -0.25) is 4.90 Å². The number of nitriles is 1. The lowest BCUT2D eigenvalue weighted by atomic mass is 10.0. The zero-order valence-corrected chi connectivity index (χ0v) is 9.83. The highest BCUT2D eigenvalue weighted by atomic mass is 32.1. The molecule has 0 radical (unpaired) electrons. The van der Waals surface area contributed by atoms with Crippen LogP contribution in [-0.2, 0) is 6.54 Å². The van der Waals surface area contributed by atoms with Gasteiger partial charge in [0.25, 0.3) is 0 Å². The molecule has 2 unspecified atom stereocenters. The third-order valence-electron chi connectivity index (χ3n) is 3.20. The molecule has 3 heteroatoms. The van der Waals surface area contributed by atoms with Gasteiger partial charge in [0.2, 0.25) is 0 Å². The van der Waals surface area contributed by atoms with E-state index in [1.165, 1.54) is 17.7 Å². The van der Waals surface area contributed by atoms with Crippen LogP contribution in [-0.4, -0.2) is 18.0 Å². The van der Waals surface area contributed by atoms with E-state index in [-0.39, 0.29) is 5.92 Å². The Kier molecular flexibility index (Phi) is 3.40. The molecule has 0 saturated heterocycles. The molecule has 0 spiro atoms. The summed E-state index contributed by atoms with van der Waals surface area (Å²) in [5.74, 6) is 0.245. The topological polar surface area (TPSA) is 27.0 Å². The lowest BCUT2D eigenvalue weighted by molar-refractivity contribution is 0.214. The van der Waals surface area contributed by atoms with E-state index in [1.807, 2.05) is 0 Å². The van der Waals surface area contributed by atoms with Crippen LogP contribution in [0.5, 0.6) is 0 Å². The number of rotatable bonds is 3. The van der Waals surface area contributed by atoms with Gasteiger partial charge in [-0.2, -0.15) is 5.26 Å². The van der Waals surface area contributed by atoms with Crippen molar-refractivity contribution in [1.82, 2.24) is 4.90 Å². The second-order valence-electron chi connectivity index (χ2n) is 4.23. The predicted molar refractivity (Wildman–Crippen MR) is 62.5 cm³/mol. The summed E-state index contributed by atoms with van der Waals surface area (Å²) < 4.78 is 0. The van der Waals surface area contributed by atoms with E-state index in [0.29, 0.717) is 6.04 Å². The smallest absolute Gasteiger partial charge is 0.0672 e. The summed E-state index contributed by atoms with van der Waals surface area (Å²) in [5, 5.41) is 11.1. The van der Waals surface area contributed by atoms with Crippen molar-refractivity contribution in [3.63, 3.8) is 0 Å². The van der Waals surface area contributed by atoms with Crippen LogP contribution in [0.15, 0.2) is 17.5 Å². The van der Waals surface area contributed by atoms with E-state index in [9.17, 15) is 0 Å². The van der Waals surface area contributed by atoms with Gasteiger partial charge in [-0.15, -0.1) is 11.3 Å². The zero-order valence-electron chi connectivity index (χ0n) is 9.02. The third-order valence-corrected chi connectivity index (χ3v) is 4.06. The Morgan fingerprint density at radius 3 is 3.13 bits per heavy atom. The minimum absolute atomic E-state index is 0.245. The van der Waals surface area contributed by atoms with Gasteiger partial charge < -0.3 is 0 Å². The van der Waals surface area contributed by atoms with E-state index in [1.54, 1.807) is 11.3 Å². The van der Waals surface area contributed by atoms with Gasteiger partial charge in [0.15, 0.2) is 0 Å². The maximum Gasteiger partial charge on any atom is 0.0672 e. The Bertz CT molecular complexity index is 339. The van der Waals surface area contributed by atoms with E-state index < -0.39 is 0 Å². The van der Waals surface area contributed by atoms with Crippen molar-refractivity contribution in [2.45, 2.75) is 31.8 Å². The van der Waals surface area contributed by atoms with Crippen LogP contribution in [0.4, 0.5) is 0 Å². The van der Waals surface area contributed by atoms with E-state index in [0.717, 1.165) is 13.0 Å². The van der Waals surface area contributed by atoms with Crippen LogP contribution in [0, 0.1) is 17.2 Å². The van der Waals surface area contributed by atoms with Gasteiger partial charge in [-0.05, 0) is 31.3 Å². The summed E-state index contributed by atoms with van der Waals surface area (Å²) >= 11 is 1.79. The van der Waals surface area contributed by atoms with E-state index >= 15 is 0 Å². The lowest BCUT2D eigenvalue weighted by Gasteiger charge is -2.25. The Balaban J connectivity index is 1.96. The SMILES string of the molecule is CN(Cc1cccs1)C1CCCC1C#N. The lowest BCUT2D eigenvalue weighted by Crippen LogP contribution is -2.33. The maximum atomic E-state index is 9.04. The number of nitrogens with zero attached hydrogens (tertiary/aromatic N) is 2. The predicted octanol–water partition coefficient (Wildman–Crippen LogP) is 2.87. The normalized spacial score (nSPS) is 25.7. The molecule has 0 amide bonds. The highest BCUT2D eigenvalue weighted by Gasteiger charge is 2.30. The molecule has 2 atom stereocenters. The van der Waals surface area contributed by atoms with Crippen molar-refractivity contribution in [2.24, 2.45) is 5.92 Å². The highest BCUT2D eigenvalue weighted by Crippen LogP contribution is 2.29. The molecular formula is C12H16N2S. The molecule has 1 aromatic heterocycles. The average Bonchev–Trinajstić information content (AvgIpc) is 2.86. The fourth-order valence-electron chi connectivity index (χ4n) is 2.38. The van der Waals surface area contributed by atoms with E-state index in [4.69, 9.17) is 5.26 Å². The quantitative estimate of drug-likeness (QED) is 0.783. The molecule has 2 rings (SSSR count). The number of hydrogen-bond acceptors (Lipinski definition) is 3. The second-order valence-corrected chi connectivity index (χ2v) is 5.26. The summed E-state index contributed by atoms with van der Waals surface area (Å²) in [7, 11) is 2.14. The van der Waals surface area contributed by atoms with Gasteiger partial charge in [0.1, 0.15) is 0 Å². The molecule has 2 nitrogen and oxygen atoms in total. The van der Waals surface area contributed by atoms with Crippen molar-refractivity contribution < 1.29 is 0 Å². The molecule has 0 aliphatic heterocycles. The van der Waals surface area contributed by atoms with Crippen LogP contribution in [0.25, 0.3) is 0 Å². The molecular weight excluding hydrogens is 204 g/mol. The van der Waals surface area contributed by atoms with Crippen molar-refractivity contribution in [2.75, 3.05) is 7.05 Å². The Morgan fingerprint density at radius 2 is 2.47 bits per heavy atom. The van der Waals surface area contributed by atoms with Gasteiger partial charge in [-0.1, -0.05) is 12.5 Å². The zero-order chi connectivity index (χ0) is 10.7. The van der Waals surface area contributed by atoms with Crippen LogP contribution in [0.2, 0.25) is 0 Å². The maximum absolute atomic E-state index is 9.04. The molecule has 15 heavy (non-hydrogen) atoms. The van der Waals surface area contributed by atoms with Gasteiger partial charge in [0.05, 0.1) is 12.0 Å². The molecule has 1 aliphatic carbocycles. The molecule has 0 bridgehead atoms. The van der Waals surface area contributed by atoms with Gasteiger partial charge in [0, 0.05) is 17.5 Å². The average molecular weight is 220 g/mol. The summed E-state index contributed by atoms with van der Waals surface area (Å²) in [6, 6.07) is 7.16. The third kappa shape index (κ3) is 2.39. The molecule has 0 N–H and O–H groups in total. The Labute approximate surface area is 95.1 Å². The second kappa shape index (κ2) is 4.78. The first-order valence-electron chi connectivity index (χ1n) is 5.43. The first-order valence-corrected chi connectivity index (χ1v) is 6.31. The largest absolute Gasteiger partial charge is 0.297 e. The molecule has 0 aromatic carbocycles. The summed E-state index contributed by atoms with van der Waals surface area (Å²) in [6.07, 6.45) is 3.47. The minimum atomic E-state index is 0.245. The fourth-order valence-corrected chi connectivity index (χ4v) is 3.15. The monoisotopic (exact) mass is 220 g/mol. The van der Waals surface area contributed by atoms with Gasteiger partial charge in [-0.25, -0.2) is 0 Å². The number of hydrogen-bond donors (Lipinski definition) is 0. The first-order chi connectivity index (χ1) is 7.31. The van der Waals surface area contributed by atoms with Crippen LogP contribution >= 0.6 is 11.3 Å². The van der Waals surface area contributed by atoms with Gasteiger partial charge >= 0.3 is 0 Å². The molecule has 1 saturated carbocycles. The van der Waals surface area contributed by atoms with Crippen molar-refractivity contribution in [1.29, 1.82) is 5.26 Å². The van der Waals surface area contributed by atoms with Crippen molar-refractivity contribution in [3.8, 4) is 6.07 Å². The molecule has 1 fully saturated rings. The van der Waals surface area contributed by atoms with Crippen molar-refractivity contribution >= 4 is 11.3 Å².